The molecule has 0 saturated heterocycles. The van der Waals surface area contributed by atoms with Crippen LogP contribution in [-0.2, 0) is 11.0 Å². The van der Waals surface area contributed by atoms with Gasteiger partial charge in [0.1, 0.15) is 23.0 Å². The molecule has 0 unspecified atom stereocenters. The highest BCUT2D eigenvalue weighted by Crippen LogP contribution is 2.34. The van der Waals surface area contributed by atoms with E-state index >= 15 is 0 Å². The number of aromatic nitrogens is 3. The van der Waals surface area contributed by atoms with Gasteiger partial charge in [-0.25, -0.2) is 9.97 Å². The molecule has 0 aliphatic rings. The van der Waals surface area contributed by atoms with Gasteiger partial charge in [-0.1, -0.05) is 12.6 Å². The number of pyridine rings is 1. The fourth-order valence-electron chi connectivity index (χ4n) is 1.54. The zero-order chi connectivity index (χ0) is 17.0. The van der Waals surface area contributed by atoms with Crippen molar-refractivity contribution in [2.24, 2.45) is 0 Å². The van der Waals surface area contributed by atoms with Crippen LogP contribution in [0.3, 0.4) is 0 Å². The molecule has 10 heteroatoms. The summed E-state index contributed by atoms with van der Waals surface area (Å²) in [6.45, 7) is 3.28. The number of carbonyl (C=O) groups is 1. The summed E-state index contributed by atoms with van der Waals surface area (Å²) in [5.41, 5.74) is -1.09. The molecule has 0 bridgehead atoms. The standard InChI is InChI=1S/C13H9ClF3N5O/c1-2-10(23)20-8-4-3-5-9(19-8)21-11-7(13(15,16)17)6-18-12(14)22-11/h2-6H,1H2,(H2,18,19,20,21,22,23). The fourth-order valence-corrected chi connectivity index (χ4v) is 1.67. The lowest BCUT2D eigenvalue weighted by Gasteiger charge is -2.13. The molecule has 2 heterocycles. The van der Waals surface area contributed by atoms with E-state index in [0.717, 1.165) is 6.08 Å². The number of halogens is 4. The van der Waals surface area contributed by atoms with Crippen LogP contribution >= 0.6 is 11.6 Å². The van der Waals surface area contributed by atoms with Gasteiger partial charge < -0.3 is 10.6 Å². The Morgan fingerprint density at radius 2 is 1.96 bits per heavy atom. The monoisotopic (exact) mass is 343 g/mol. The maximum Gasteiger partial charge on any atom is 0.421 e. The van der Waals surface area contributed by atoms with Crippen LogP contribution in [0, 0.1) is 0 Å². The van der Waals surface area contributed by atoms with Crippen LogP contribution < -0.4 is 10.6 Å². The Balaban J connectivity index is 2.32. The predicted octanol–water partition coefficient (Wildman–Crippen LogP) is 3.41. The normalized spacial score (nSPS) is 11.0. The summed E-state index contributed by atoms with van der Waals surface area (Å²) in [4.78, 5) is 22.0. The number of rotatable bonds is 4. The van der Waals surface area contributed by atoms with Crippen molar-refractivity contribution in [2.45, 2.75) is 6.18 Å². The number of hydrogen-bond acceptors (Lipinski definition) is 5. The average Bonchev–Trinajstić information content (AvgIpc) is 2.46. The van der Waals surface area contributed by atoms with Gasteiger partial charge >= 0.3 is 6.18 Å². The molecule has 0 aromatic carbocycles. The first kappa shape index (κ1) is 16.7. The molecule has 2 aromatic rings. The van der Waals surface area contributed by atoms with Gasteiger partial charge in [-0.05, 0) is 29.8 Å². The van der Waals surface area contributed by atoms with E-state index in [9.17, 15) is 18.0 Å². The Bertz CT molecular complexity index is 751. The molecule has 0 atom stereocenters. The maximum atomic E-state index is 12.9. The largest absolute Gasteiger partial charge is 0.421 e. The van der Waals surface area contributed by atoms with E-state index in [2.05, 4.69) is 32.2 Å². The van der Waals surface area contributed by atoms with E-state index in [1.165, 1.54) is 18.2 Å². The summed E-state index contributed by atoms with van der Waals surface area (Å²) in [5, 5.41) is 4.44. The molecule has 1 amide bonds. The van der Waals surface area contributed by atoms with Crippen molar-refractivity contribution in [3.8, 4) is 0 Å². The van der Waals surface area contributed by atoms with Gasteiger partial charge in [0.15, 0.2) is 0 Å². The summed E-state index contributed by atoms with van der Waals surface area (Å²) in [6.07, 6.45) is -3.06. The van der Waals surface area contributed by atoms with Crippen LogP contribution in [0.25, 0.3) is 0 Å². The molecule has 0 aliphatic heterocycles. The Hall–Kier alpha value is -2.68. The molecule has 2 rings (SSSR count). The summed E-state index contributed by atoms with van der Waals surface area (Å²) in [5.74, 6) is -0.881. The predicted molar refractivity (Wildman–Crippen MR) is 78.4 cm³/mol. The van der Waals surface area contributed by atoms with Gasteiger partial charge in [0.2, 0.25) is 11.2 Å². The molecule has 23 heavy (non-hydrogen) atoms. The van der Waals surface area contributed by atoms with Gasteiger partial charge in [-0.3, -0.25) is 4.79 Å². The average molecular weight is 344 g/mol. The number of amides is 1. The van der Waals surface area contributed by atoms with Gasteiger partial charge in [0, 0.05) is 6.20 Å². The van der Waals surface area contributed by atoms with Crippen LogP contribution in [0.2, 0.25) is 5.28 Å². The minimum atomic E-state index is -4.67. The zero-order valence-electron chi connectivity index (χ0n) is 11.4. The van der Waals surface area contributed by atoms with Crippen molar-refractivity contribution >= 4 is 35.0 Å². The lowest BCUT2D eigenvalue weighted by atomic mass is 10.3. The molecule has 0 radical (unpaired) electrons. The molecule has 0 saturated carbocycles. The quantitative estimate of drug-likeness (QED) is 0.657. The van der Waals surface area contributed by atoms with E-state index in [1.54, 1.807) is 0 Å². The van der Waals surface area contributed by atoms with Crippen LogP contribution in [0.1, 0.15) is 5.56 Å². The first-order valence-electron chi connectivity index (χ1n) is 6.07. The highest BCUT2D eigenvalue weighted by molar-refractivity contribution is 6.28. The van der Waals surface area contributed by atoms with Crippen molar-refractivity contribution in [1.29, 1.82) is 0 Å². The van der Waals surface area contributed by atoms with Crippen LogP contribution in [-0.4, -0.2) is 20.9 Å². The number of nitrogens with zero attached hydrogens (tertiary/aromatic N) is 3. The van der Waals surface area contributed by atoms with Gasteiger partial charge in [-0.15, -0.1) is 0 Å². The second kappa shape index (κ2) is 6.61. The third kappa shape index (κ3) is 4.39. The second-order valence-electron chi connectivity index (χ2n) is 4.13. The SMILES string of the molecule is C=CC(=O)Nc1cccc(Nc2nc(Cl)ncc2C(F)(F)F)n1. The number of anilines is 3. The molecule has 0 spiro atoms. The van der Waals surface area contributed by atoms with Crippen molar-refractivity contribution in [3.63, 3.8) is 0 Å². The summed E-state index contributed by atoms with van der Waals surface area (Å²) in [7, 11) is 0. The van der Waals surface area contributed by atoms with E-state index in [0.29, 0.717) is 6.20 Å². The highest BCUT2D eigenvalue weighted by Gasteiger charge is 2.35. The lowest BCUT2D eigenvalue weighted by Crippen LogP contribution is -2.12. The third-order valence-corrected chi connectivity index (χ3v) is 2.68. The van der Waals surface area contributed by atoms with Crippen LogP contribution in [0.15, 0.2) is 37.1 Å². The molecular formula is C13H9ClF3N5O. The number of carbonyl (C=O) groups excluding carboxylic acids is 1. The van der Waals surface area contributed by atoms with Crippen LogP contribution in [0.4, 0.5) is 30.6 Å². The van der Waals surface area contributed by atoms with Gasteiger partial charge in [-0.2, -0.15) is 18.2 Å². The highest BCUT2D eigenvalue weighted by atomic mass is 35.5. The Morgan fingerprint density at radius 3 is 2.61 bits per heavy atom. The van der Waals surface area contributed by atoms with Crippen molar-refractivity contribution in [3.05, 3.63) is 47.9 Å². The summed E-state index contributed by atoms with van der Waals surface area (Å²) >= 11 is 5.53. The number of hydrogen-bond donors (Lipinski definition) is 2. The number of nitrogens with one attached hydrogen (secondary N) is 2. The van der Waals surface area contributed by atoms with Crippen molar-refractivity contribution < 1.29 is 18.0 Å². The smallest absolute Gasteiger partial charge is 0.324 e. The summed E-state index contributed by atoms with van der Waals surface area (Å²) in [6, 6.07) is 4.36. The molecule has 120 valence electrons. The maximum absolute atomic E-state index is 12.9. The Morgan fingerprint density at radius 1 is 1.26 bits per heavy atom. The summed E-state index contributed by atoms with van der Waals surface area (Å²) < 4.78 is 38.8. The zero-order valence-corrected chi connectivity index (χ0v) is 12.1. The van der Waals surface area contributed by atoms with Crippen LogP contribution in [0.5, 0.6) is 0 Å². The molecule has 6 nitrogen and oxygen atoms in total. The first-order chi connectivity index (χ1) is 10.8. The Kier molecular flexibility index (Phi) is 4.80. The minimum absolute atomic E-state index is 0.0344. The number of alkyl halides is 3. The van der Waals surface area contributed by atoms with E-state index in [1.807, 2.05) is 0 Å². The van der Waals surface area contributed by atoms with Crippen molar-refractivity contribution in [2.75, 3.05) is 10.6 Å². The van der Waals surface area contributed by atoms with E-state index < -0.39 is 23.5 Å². The fraction of sp³-hybridized carbons (Fsp3) is 0.0769. The Labute approximate surface area is 133 Å². The minimum Gasteiger partial charge on any atom is -0.324 e. The van der Waals surface area contributed by atoms with E-state index in [4.69, 9.17) is 11.6 Å². The third-order valence-electron chi connectivity index (χ3n) is 2.50. The molecule has 0 aliphatic carbocycles. The van der Waals surface area contributed by atoms with Gasteiger partial charge in [0.05, 0.1) is 0 Å². The van der Waals surface area contributed by atoms with Crippen molar-refractivity contribution in [1.82, 2.24) is 15.0 Å². The molecular weight excluding hydrogens is 335 g/mol. The molecule has 2 N–H and O–H groups in total. The first-order valence-corrected chi connectivity index (χ1v) is 6.44. The second-order valence-corrected chi connectivity index (χ2v) is 4.46. The van der Waals surface area contributed by atoms with E-state index in [-0.39, 0.29) is 16.9 Å². The topological polar surface area (TPSA) is 79.8 Å². The lowest BCUT2D eigenvalue weighted by molar-refractivity contribution is -0.137. The molecule has 2 aromatic heterocycles. The van der Waals surface area contributed by atoms with Gasteiger partial charge in [0.25, 0.3) is 0 Å². The molecule has 0 fully saturated rings.